The van der Waals surface area contributed by atoms with Crippen LogP contribution in [-0.2, 0) is 9.09 Å². The molecule has 4 nitrogen and oxygen atoms in total. The van der Waals surface area contributed by atoms with E-state index in [1.807, 2.05) is 0 Å². The Morgan fingerprint density at radius 1 is 1.12 bits per heavy atom. The van der Waals surface area contributed by atoms with E-state index in [2.05, 4.69) is 40.7 Å². The van der Waals surface area contributed by atoms with Crippen LogP contribution in [0.3, 0.4) is 0 Å². The molecular weight excluding hydrogens is 419 g/mol. The molecule has 0 bridgehead atoms. The van der Waals surface area contributed by atoms with E-state index in [0.29, 0.717) is 17.8 Å². The number of phosphoric acid groups is 1. The fraction of sp³-hybridized carbons (Fsp3) is 0.926. The van der Waals surface area contributed by atoms with Crippen LogP contribution >= 0.6 is 7.82 Å². The van der Waals surface area contributed by atoms with Gasteiger partial charge in [-0.25, -0.2) is 0 Å². The first kappa shape index (κ1) is 25.0. The highest BCUT2D eigenvalue weighted by atomic mass is 31.2. The first-order chi connectivity index (χ1) is 14.9. The average Bonchev–Trinajstić information content (AvgIpc) is 3.04. The lowest BCUT2D eigenvalue weighted by Gasteiger charge is -2.58. The maximum absolute atomic E-state index is 11.3. The van der Waals surface area contributed by atoms with E-state index >= 15 is 0 Å². The van der Waals surface area contributed by atoms with Crippen LogP contribution in [0, 0.1) is 46.3 Å². The van der Waals surface area contributed by atoms with Crippen LogP contribution in [-0.4, -0.2) is 11.0 Å². The number of fused-ring (bicyclic) bond motifs is 5. The summed E-state index contributed by atoms with van der Waals surface area (Å²) in [5.74, 6) is 4.84. The van der Waals surface area contributed by atoms with Gasteiger partial charge in [0.1, 0.15) is 0 Å². The molecule has 4 aliphatic rings. The van der Waals surface area contributed by atoms with Gasteiger partial charge in [-0.3, -0.25) is 4.57 Å². The molecule has 1 N–H and O–H groups in total. The molecule has 0 aliphatic heterocycles. The van der Waals surface area contributed by atoms with Crippen molar-refractivity contribution in [2.24, 2.45) is 46.3 Å². The van der Waals surface area contributed by atoms with Crippen molar-refractivity contribution < 1.29 is 18.9 Å². The monoisotopic (exact) mass is 465 g/mol. The number of hydrogen-bond acceptors (Lipinski definition) is 3. The van der Waals surface area contributed by atoms with E-state index in [9.17, 15) is 9.46 Å². The van der Waals surface area contributed by atoms with Crippen LogP contribution < -0.4 is 4.89 Å². The minimum Gasteiger partial charge on any atom is -0.756 e. The summed E-state index contributed by atoms with van der Waals surface area (Å²) in [5, 5.41) is 0. The van der Waals surface area contributed by atoms with Crippen LogP contribution in [0.4, 0.5) is 0 Å². The second-order valence-corrected chi connectivity index (χ2v) is 13.9. The summed E-state index contributed by atoms with van der Waals surface area (Å²) in [7, 11) is -4.66. The lowest BCUT2D eigenvalue weighted by Crippen LogP contribution is -2.51. The first-order valence-electron chi connectivity index (χ1n) is 13.4. The quantitative estimate of drug-likeness (QED) is 0.329. The second-order valence-electron chi connectivity index (χ2n) is 12.7. The molecule has 5 heteroatoms. The number of allylic oxidation sites excluding steroid dienone is 1. The van der Waals surface area contributed by atoms with Crippen molar-refractivity contribution in [2.45, 2.75) is 111 Å². The Balaban J connectivity index is 1.46. The summed E-state index contributed by atoms with van der Waals surface area (Å²) < 4.78 is 16.2. The molecular formula is C27H46O4P-. The van der Waals surface area contributed by atoms with Gasteiger partial charge in [0.05, 0.1) is 6.10 Å². The Labute approximate surface area is 196 Å². The van der Waals surface area contributed by atoms with E-state index < -0.39 is 13.9 Å². The molecule has 0 aromatic carbocycles. The second kappa shape index (κ2) is 9.14. The van der Waals surface area contributed by atoms with Gasteiger partial charge in [-0.05, 0) is 97.7 Å². The topological polar surface area (TPSA) is 69.6 Å². The van der Waals surface area contributed by atoms with Gasteiger partial charge in [0, 0.05) is 0 Å². The van der Waals surface area contributed by atoms with Crippen molar-refractivity contribution in [1.29, 1.82) is 0 Å². The van der Waals surface area contributed by atoms with Crippen molar-refractivity contribution in [3.63, 3.8) is 0 Å². The number of phosphoric ester groups is 1. The molecule has 3 fully saturated rings. The highest BCUT2D eigenvalue weighted by Crippen LogP contribution is 2.67. The molecule has 0 aromatic heterocycles. The lowest BCUT2D eigenvalue weighted by atomic mass is 9.47. The Morgan fingerprint density at radius 3 is 2.56 bits per heavy atom. The third-order valence-corrected chi connectivity index (χ3v) is 11.1. The van der Waals surface area contributed by atoms with Crippen molar-refractivity contribution in [3.8, 4) is 0 Å². The minimum atomic E-state index is -4.66. The Kier molecular flexibility index (Phi) is 7.13. The summed E-state index contributed by atoms with van der Waals surface area (Å²) in [4.78, 5) is 20.4. The zero-order valence-corrected chi connectivity index (χ0v) is 21.9. The zero-order valence-electron chi connectivity index (χ0n) is 21.0. The van der Waals surface area contributed by atoms with Gasteiger partial charge in [-0.15, -0.1) is 0 Å². The van der Waals surface area contributed by atoms with Gasteiger partial charge in [0.25, 0.3) is 7.82 Å². The molecule has 9 atom stereocenters. The van der Waals surface area contributed by atoms with E-state index in [1.54, 1.807) is 0 Å². The van der Waals surface area contributed by atoms with Crippen LogP contribution in [0.25, 0.3) is 0 Å². The maximum atomic E-state index is 11.3. The number of rotatable bonds is 7. The zero-order chi connectivity index (χ0) is 23.3. The molecule has 0 heterocycles. The molecule has 0 amide bonds. The number of hydrogen-bond donors (Lipinski definition) is 1. The SMILES string of the molecule is CC(C)CCCC(C)C1CCC2C3CC=C4CC(OP(=O)([O-])O)CCC4(C)C3CCC12C. The molecule has 4 aliphatic carbocycles. The molecule has 0 spiro atoms. The molecule has 4 rings (SSSR count). The van der Waals surface area contributed by atoms with Gasteiger partial charge in [0.15, 0.2) is 0 Å². The van der Waals surface area contributed by atoms with Crippen molar-refractivity contribution in [3.05, 3.63) is 11.6 Å². The van der Waals surface area contributed by atoms with E-state index in [4.69, 9.17) is 9.42 Å². The molecule has 32 heavy (non-hydrogen) atoms. The van der Waals surface area contributed by atoms with Crippen molar-refractivity contribution in [2.75, 3.05) is 0 Å². The summed E-state index contributed by atoms with van der Waals surface area (Å²) in [5.41, 5.74) is 2.06. The average molecular weight is 466 g/mol. The third-order valence-electron chi connectivity index (χ3n) is 10.5. The fourth-order valence-corrected chi connectivity index (χ4v) is 9.49. The predicted octanol–water partition coefficient (Wildman–Crippen LogP) is 6.87. The van der Waals surface area contributed by atoms with Crippen LogP contribution in [0.15, 0.2) is 11.6 Å². The summed E-state index contributed by atoms with van der Waals surface area (Å²) >= 11 is 0. The summed E-state index contributed by atoms with van der Waals surface area (Å²) in [6, 6.07) is 0. The lowest BCUT2D eigenvalue weighted by molar-refractivity contribution is -0.225. The van der Waals surface area contributed by atoms with Gasteiger partial charge in [-0.1, -0.05) is 65.5 Å². The molecule has 3 saturated carbocycles. The molecule has 9 unspecified atom stereocenters. The van der Waals surface area contributed by atoms with Gasteiger partial charge < -0.3 is 14.3 Å². The van der Waals surface area contributed by atoms with Crippen LogP contribution in [0.5, 0.6) is 0 Å². The van der Waals surface area contributed by atoms with Gasteiger partial charge in [-0.2, -0.15) is 0 Å². The molecule has 0 aromatic rings. The standard InChI is InChI=1S/C27H47O4P/c1-18(2)7-6-8-19(3)23-11-12-24-22-10-9-20-17-21(31-32(28,29)30)13-15-26(20,4)25(22)14-16-27(23,24)5/h9,18-19,21-25H,6-8,10-17H2,1-5H3,(H2,28,29,30)/p-1. The highest BCUT2D eigenvalue weighted by Gasteiger charge is 2.59. The molecule has 184 valence electrons. The largest absolute Gasteiger partial charge is 0.756 e. The third kappa shape index (κ3) is 4.68. The first-order valence-corrected chi connectivity index (χ1v) is 14.9. The Morgan fingerprint density at radius 2 is 1.88 bits per heavy atom. The molecule has 0 radical (unpaired) electrons. The molecule has 0 saturated heterocycles. The van der Waals surface area contributed by atoms with E-state index in [-0.39, 0.29) is 5.41 Å². The van der Waals surface area contributed by atoms with Crippen LogP contribution in [0.2, 0.25) is 0 Å². The maximum Gasteiger partial charge on any atom is 0.265 e. The summed E-state index contributed by atoms with van der Waals surface area (Å²) in [6.45, 7) is 12.3. The van der Waals surface area contributed by atoms with Gasteiger partial charge >= 0.3 is 0 Å². The fourth-order valence-electron chi connectivity index (χ4n) is 8.93. The van der Waals surface area contributed by atoms with E-state index in [0.717, 1.165) is 48.9 Å². The van der Waals surface area contributed by atoms with E-state index in [1.165, 1.54) is 50.5 Å². The van der Waals surface area contributed by atoms with Crippen molar-refractivity contribution >= 4 is 7.82 Å². The van der Waals surface area contributed by atoms with Crippen molar-refractivity contribution in [1.82, 2.24) is 0 Å². The smallest absolute Gasteiger partial charge is 0.265 e. The summed E-state index contributed by atoms with van der Waals surface area (Å²) in [6.07, 6.45) is 15.1. The van der Waals surface area contributed by atoms with Gasteiger partial charge in [0.2, 0.25) is 0 Å². The highest BCUT2D eigenvalue weighted by molar-refractivity contribution is 7.44. The van der Waals surface area contributed by atoms with Crippen LogP contribution in [0.1, 0.15) is 105 Å². The Hall–Kier alpha value is -0.150. The normalized spacial score (nSPS) is 44.2. The minimum absolute atomic E-state index is 0.174. The Bertz CT molecular complexity index is 757. The predicted molar refractivity (Wildman–Crippen MR) is 128 cm³/mol.